The van der Waals surface area contributed by atoms with E-state index in [9.17, 15) is 31.5 Å². The fourth-order valence-electron chi connectivity index (χ4n) is 0.586. The van der Waals surface area contributed by atoms with Crippen LogP contribution in [0.3, 0.4) is 0 Å². The Morgan fingerprint density at radius 3 is 1.93 bits per heavy atom. The van der Waals surface area contributed by atoms with E-state index in [4.69, 9.17) is 0 Å². The summed E-state index contributed by atoms with van der Waals surface area (Å²) in [6.07, 6.45) is -8.08. The molecule has 88 valence electrons. The van der Waals surface area contributed by atoms with Crippen molar-refractivity contribution in [2.75, 3.05) is 6.61 Å². The molecule has 3 nitrogen and oxygen atoms in total. The van der Waals surface area contributed by atoms with Crippen molar-refractivity contribution in [3.8, 4) is 0 Å². The van der Waals surface area contributed by atoms with Gasteiger partial charge in [0.15, 0.2) is 0 Å². The highest BCUT2D eigenvalue weighted by Gasteiger charge is 2.58. The van der Waals surface area contributed by atoms with E-state index in [2.05, 4.69) is 4.74 Å². The molecule has 0 aliphatic heterocycles. The SMILES string of the molecule is CCOC(=O)C(=O)CC(F)(F)C(F)(F)F. The number of rotatable bonds is 4. The van der Waals surface area contributed by atoms with Crippen molar-refractivity contribution in [1.82, 2.24) is 0 Å². The fourth-order valence-corrected chi connectivity index (χ4v) is 0.586. The van der Waals surface area contributed by atoms with Crippen molar-refractivity contribution < 1.29 is 36.3 Å². The molecule has 0 saturated carbocycles. The van der Waals surface area contributed by atoms with Gasteiger partial charge in [-0.15, -0.1) is 0 Å². The maximum Gasteiger partial charge on any atom is 0.453 e. The molecule has 0 unspecified atom stereocenters. The summed E-state index contributed by atoms with van der Waals surface area (Å²) in [7, 11) is 0. The maximum atomic E-state index is 12.2. The highest BCUT2D eigenvalue weighted by atomic mass is 19.4. The maximum absolute atomic E-state index is 12.2. The molecule has 0 rings (SSSR count). The number of alkyl halides is 5. The number of ether oxygens (including phenoxy) is 1. The predicted octanol–water partition coefficient (Wildman–Crippen LogP) is 1.71. The predicted molar refractivity (Wildman–Crippen MR) is 37.3 cm³/mol. The first-order valence-corrected chi connectivity index (χ1v) is 3.76. The van der Waals surface area contributed by atoms with Crippen molar-refractivity contribution in [3.05, 3.63) is 0 Å². The Morgan fingerprint density at radius 1 is 1.13 bits per heavy atom. The van der Waals surface area contributed by atoms with E-state index in [1.807, 2.05) is 0 Å². The molecule has 0 heterocycles. The summed E-state index contributed by atoms with van der Waals surface area (Å²) in [5.74, 6) is -8.81. The van der Waals surface area contributed by atoms with Crippen molar-refractivity contribution in [2.24, 2.45) is 0 Å². The zero-order chi connectivity index (χ0) is 12.3. The number of halogens is 5. The van der Waals surface area contributed by atoms with Crippen molar-refractivity contribution in [2.45, 2.75) is 25.4 Å². The Kier molecular flexibility index (Phi) is 4.17. The first-order chi connectivity index (χ1) is 6.62. The number of carbonyl (C=O) groups excluding carboxylic acids is 2. The molecule has 0 amide bonds. The molecule has 15 heavy (non-hydrogen) atoms. The third-order valence-electron chi connectivity index (χ3n) is 1.30. The van der Waals surface area contributed by atoms with Crippen LogP contribution in [-0.4, -0.2) is 30.5 Å². The van der Waals surface area contributed by atoms with Crippen LogP contribution in [0.5, 0.6) is 0 Å². The van der Waals surface area contributed by atoms with Gasteiger partial charge in [0, 0.05) is 0 Å². The minimum absolute atomic E-state index is 0.276. The van der Waals surface area contributed by atoms with E-state index in [1.165, 1.54) is 6.92 Å². The van der Waals surface area contributed by atoms with Crippen LogP contribution >= 0.6 is 0 Å². The molecular formula is C7H7F5O3. The van der Waals surface area contributed by atoms with Gasteiger partial charge in [-0.2, -0.15) is 22.0 Å². The fraction of sp³-hybridized carbons (Fsp3) is 0.714. The molecule has 0 aromatic carbocycles. The summed E-state index contributed by atoms with van der Waals surface area (Å²) in [4.78, 5) is 21.0. The van der Waals surface area contributed by atoms with Gasteiger partial charge < -0.3 is 4.74 Å². The minimum Gasteiger partial charge on any atom is -0.460 e. The van der Waals surface area contributed by atoms with E-state index in [0.717, 1.165) is 0 Å². The summed E-state index contributed by atoms with van der Waals surface area (Å²) < 4.78 is 63.2. The summed E-state index contributed by atoms with van der Waals surface area (Å²) >= 11 is 0. The van der Waals surface area contributed by atoms with Crippen molar-refractivity contribution in [3.63, 3.8) is 0 Å². The lowest BCUT2D eigenvalue weighted by atomic mass is 10.1. The average molecular weight is 234 g/mol. The number of Topliss-reactive ketones (excluding diaryl/α,β-unsaturated/α-hetero) is 1. The third-order valence-corrected chi connectivity index (χ3v) is 1.30. The molecule has 0 atom stereocenters. The lowest BCUT2D eigenvalue weighted by Crippen LogP contribution is -2.40. The monoisotopic (exact) mass is 234 g/mol. The quantitative estimate of drug-likeness (QED) is 0.422. The summed E-state index contributed by atoms with van der Waals surface area (Å²) in [6, 6.07) is 0. The van der Waals surface area contributed by atoms with Crippen LogP contribution in [0.25, 0.3) is 0 Å². The number of hydrogen-bond acceptors (Lipinski definition) is 3. The van der Waals surface area contributed by atoms with Gasteiger partial charge in [0.1, 0.15) is 0 Å². The molecular weight excluding hydrogens is 227 g/mol. The first kappa shape index (κ1) is 13.8. The molecule has 0 aliphatic carbocycles. The van der Waals surface area contributed by atoms with Gasteiger partial charge in [-0.3, -0.25) is 4.79 Å². The molecule has 0 saturated heterocycles. The molecule has 0 fully saturated rings. The van der Waals surface area contributed by atoms with Crippen molar-refractivity contribution in [1.29, 1.82) is 0 Å². The minimum atomic E-state index is -5.85. The molecule has 0 aliphatic rings. The van der Waals surface area contributed by atoms with Crippen LogP contribution in [0, 0.1) is 0 Å². The van der Waals surface area contributed by atoms with E-state index in [0.29, 0.717) is 0 Å². The van der Waals surface area contributed by atoms with Gasteiger partial charge in [0.25, 0.3) is 0 Å². The second kappa shape index (κ2) is 4.54. The van der Waals surface area contributed by atoms with Gasteiger partial charge in [0.05, 0.1) is 13.0 Å². The van der Waals surface area contributed by atoms with Crippen LogP contribution < -0.4 is 0 Å². The summed E-state index contributed by atoms with van der Waals surface area (Å²) in [6.45, 7) is 1.01. The number of hydrogen-bond donors (Lipinski definition) is 0. The molecule has 0 spiro atoms. The summed E-state index contributed by atoms with van der Waals surface area (Å²) in [5.41, 5.74) is 0. The molecule has 0 bridgehead atoms. The van der Waals surface area contributed by atoms with E-state index in [1.54, 1.807) is 0 Å². The van der Waals surface area contributed by atoms with Crippen LogP contribution in [0.4, 0.5) is 22.0 Å². The lowest BCUT2D eigenvalue weighted by Gasteiger charge is -2.17. The Morgan fingerprint density at radius 2 is 1.60 bits per heavy atom. The summed E-state index contributed by atoms with van der Waals surface area (Å²) in [5, 5.41) is 0. The smallest absolute Gasteiger partial charge is 0.453 e. The number of ketones is 1. The van der Waals surface area contributed by atoms with Gasteiger partial charge in [-0.05, 0) is 6.92 Å². The highest BCUT2D eigenvalue weighted by Crippen LogP contribution is 2.38. The standard InChI is InChI=1S/C7H7F5O3/c1-2-15-5(14)4(13)3-6(8,9)7(10,11)12/h2-3H2,1H3. The van der Waals surface area contributed by atoms with Crippen LogP contribution in [0.2, 0.25) is 0 Å². The van der Waals surface area contributed by atoms with Crippen LogP contribution in [-0.2, 0) is 14.3 Å². The van der Waals surface area contributed by atoms with Crippen LogP contribution in [0.1, 0.15) is 13.3 Å². The Balaban J connectivity index is 4.48. The second-order valence-electron chi connectivity index (χ2n) is 2.52. The topological polar surface area (TPSA) is 43.4 Å². The van der Waals surface area contributed by atoms with Gasteiger partial charge in [-0.25, -0.2) is 4.79 Å². The zero-order valence-electron chi connectivity index (χ0n) is 7.53. The van der Waals surface area contributed by atoms with Gasteiger partial charge in [-0.1, -0.05) is 0 Å². The Hall–Kier alpha value is -1.21. The van der Waals surface area contributed by atoms with E-state index >= 15 is 0 Å². The molecule has 8 heteroatoms. The van der Waals surface area contributed by atoms with Crippen molar-refractivity contribution >= 4 is 11.8 Å². The normalized spacial score (nSPS) is 12.4. The number of esters is 1. The molecule has 0 aromatic rings. The first-order valence-electron chi connectivity index (χ1n) is 3.76. The zero-order valence-corrected chi connectivity index (χ0v) is 7.53. The van der Waals surface area contributed by atoms with Crippen LogP contribution in [0.15, 0.2) is 0 Å². The number of carbonyl (C=O) groups is 2. The average Bonchev–Trinajstić information content (AvgIpc) is 2.01. The molecule has 0 radical (unpaired) electrons. The van der Waals surface area contributed by atoms with Gasteiger partial charge >= 0.3 is 18.1 Å². The van der Waals surface area contributed by atoms with Gasteiger partial charge in [0.2, 0.25) is 5.78 Å². The molecule has 0 aromatic heterocycles. The Bertz CT molecular complexity index is 258. The largest absolute Gasteiger partial charge is 0.460 e. The third kappa shape index (κ3) is 3.80. The lowest BCUT2D eigenvalue weighted by molar-refractivity contribution is -0.281. The Labute approximate surface area is 81.2 Å². The molecule has 0 N–H and O–H groups in total. The second-order valence-corrected chi connectivity index (χ2v) is 2.52. The van der Waals surface area contributed by atoms with E-state index in [-0.39, 0.29) is 6.61 Å². The van der Waals surface area contributed by atoms with E-state index < -0.39 is 30.3 Å². The highest BCUT2D eigenvalue weighted by molar-refractivity contribution is 6.33.